The Morgan fingerprint density at radius 1 is 0.837 bits per heavy atom. The van der Waals surface area contributed by atoms with Gasteiger partial charge in [-0.25, -0.2) is 4.79 Å². The number of nitrogens with one attached hydrogen (secondary N) is 3. The third kappa shape index (κ3) is 9.21. The van der Waals surface area contributed by atoms with Crippen LogP contribution in [0, 0.1) is 11.3 Å². The summed E-state index contributed by atoms with van der Waals surface area (Å²) in [6, 6.07) is 22.0. The predicted octanol–water partition coefficient (Wildman–Crippen LogP) is 4.63. The zero-order valence-electron chi connectivity index (χ0n) is 23.7. The molecule has 7 N–H and O–H groups in total. The molecule has 0 saturated heterocycles. The first-order valence-electron chi connectivity index (χ1n) is 13.0. The molecule has 43 heavy (non-hydrogen) atoms. The standard InChI is InChI=1S/C30H28N4O4.CH4O3S/c1-17(2)16-33-28(35)21-9-12-23(26(15-21)30(37)38)24-13-19-5-3-4-6-20(19)14-25(24)29(36)34-22-10-7-18(8-11-22)27(31)32;1-5(2,3)4/h3-15,17H,16H2,1-2H3,(H3,31,32)(H,33,35)(H,34,36)(H,37,38);1H3,(H,2,3,4). The largest absolute Gasteiger partial charge is 0.478 e. The lowest BCUT2D eigenvalue weighted by Crippen LogP contribution is -2.27. The van der Waals surface area contributed by atoms with Gasteiger partial charge in [0.05, 0.1) is 11.8 Å². The molecule has 0 radical (unpaired) electrons. The van der Waals surface area contributed by atoms with E-state index in [4.69, 9.17) is 15.7 Å². The van der Waals surface area contributed by atoms with Gasteiger partial charge in [-0.2, -0.15) is 8.42 Å². The Labute approximate surface area is 249 Å². The van der Waals surface area contributed by atoms with Gasteiger partial charge in [0.2, 0.25) is 0 Å². The van der Waals surface area contributed by atoms with Crippen LogP contribution < -0.4 is 16.4 Å². The number of amides is 2. The number of fused-ring (bicyclic) bond motifs is 1. The van der Waals surface area contributed by atoms with Crippen molar-refractivity contribution in [2.45, 2.75) is 13.8 Å². The molecule has 4 aromatic carbocycles. The summed E-state index contributed by atoms with van der Waals surface area (Å²) >= 11 is 0. The number of carbonyl (C=O) groups excluding carboxylic acids is 2. The van der Waals surface area contributed by atoms with Gasteiger partial charge in [-0.05, 0) is 76.3 Å². The Bertz CT molecular complexity index is 1790. The van der Waals surface area contributed by atoms with Crippen LogP contribution in [-0.2, 0) is 10.1 Å². The van der Waals surface area contributed by atoms with E-state index in [2.05, 4.69) is 10.6 Å². The molecule has 4 aromatic rings. The van der Waals surface area contributed by atoms with Crippen molar-refractivity contribution in [1.29, 1.82) is 5.41 Å². The van der Waals surface area contributed by atoms with Crippen molar-refractivity contribution in [3.8, 4) is 11.1 Å². The van der Waals surface area contributed by atoms with Gasteiger partial charge in [0, 0.05) is 28.9 Å². The summed E-state index contributed by atoms with van der Waals surface area (Å²) in [5, 5.41) is 24.9. The van der Waals surface area contributed by atoms with Gasteiger partial charge in [0.15, 0.2) is 0 Å². The second kappa shape index (κ2) is 13.7. The number of amidine groups is 1. The average Bonchev–Trinajstić information content (AvgIpc) is 2.94. The van der Waals surface area contributed by atoms with E-state index in [-0.39, 0.29) is 34.4 Å². The molecule has 4 rings (SSSR count). The van der Waals surface area contributed by atoms with E-state index in [1.165, 1.54) is 6.07 Å². The van der Waals surface area contributed by atoms with Gasteiger partial charge in [-0.1, -0.05) is 44.2 Å². The first-order valence-corrected chi connectivity index (χ1v) is 14.9. The number of nitrogens with two attached hydrogens (primary N) is 1. The molecular formula is C31H32N4O7S. The molecule has 2 amide bonds. The van der Waals surface area contributed by atoms with E-state index in [1.807, 2.05) is 38.1 Å². The number of aromatic carboxylic acids is 1. The highest BCUT2D eigenvalue weighted by Crippen LogP contribution is 2.33. The molecule has 0 aliphatic carbocycles. The van der Waals surface area contributed by atoms with Crippen LogP contribution in [0.5, 0.6) is 0 Å². The van der Waals surface area contributed by atoms with Gasteiger partial charge in [0.25, 0.3) is 21.9 Å². The molecule has 0 spiro atoms. The van der Waals surface area contributed by atoms with E-state index in [0.717, 1.165) is 10.8 Å². The SMILES string of the molecule is CC(C)CNC(=O)c1ccc(-c2cc3ccccc3cc2C(=O)Nc2ccc(C(=N)N)cc2)c(C(=O)O)c1.CS(=O)(=O)O. The smallest absolute Gasteiger partial charge is 0.336 e. The first kappa shape index (κ1) is 32.4. The van der Waals surface area contributed by atoms with Crippen molar-refractivity contribution in [3.05, 3.63) is 101 Å². The minimum atomic E-state index is -3.67. The Morgan fingerprint density at radius 2 is 1.40 bits per heavy atom. The summed E-state index contributed by atoms with van der Waals surface area (Å²) in [5.74, 6) is -1.84. The Morgan fingerprint density at radius 3 is 1.93 bits per heavy atom. The summed E-state index contributed by atoms with van der Waals surface area (Å²) in [4.78, 5) is 38.4. The molecule has 0 fully saturated rings. The molecule has 0 aromatic heterocycles. The number of hydrogen-bond donors (Lipinski definition) is 6. The fourth-order valence-electron chi connectivity index (χ4n) is 4.08. The Balaban J connectivity index is 0.000000934. The maximum absolute atomic E-state index is 13.5. The molecule has 0 bridgehead atoms. The van der Waals surface area contributed by atoms with Crippen LogP contribution in [0.15, 0.2) is 78.9 Å². The Hall–Kier alpha value is -5.07. The number of hydrogen-bond acceptors (Lipinski definition) is 6. The van der Waals surface area contributed by atoms with Gasteiger partial charge in [-0.15, -0.1) is 0 Å². The molecule has 11 nitrogen and oxygen atoms in total. The highest BCUT2D eigenvalue weighted by molar-refractivity contribution is 7.85. The average molecular weight is 605 g/mol. The quantitative estimate of drug-likeness (QED) is 0.0949. The summed E-state index contributed by atoms with van der Waals surface area (Å²) in [7, 11) is -3.67. The highest BCUT2D eigenvalue weighted by Gasteiger charge is 2.21. The number of nitrogen functional groups attached to an aromatic ring is 1. The van der Waals surface area contributed by atoms with Crippen LogP contribution in [0.25, 0.3) is 21.9 Å². The van der Waals surface area contributed by atoms with Crippen molar-refractivity contribution in [1.82, 2.24) is 5.32 Å². The third-order valence-electron chi connectivity index (χ3n) is 6.06. The zero-order valence-corrected chi connectivity index (χ0v) is 24.5. The van der Waals surface area contributed by atoms with E-state index in [1.54, 1.807) is 48.5 Å². The van der Waals surface area contributed by atoms with Crippen molar-refractivity contribution < 1.29 is 32.5 Å². The maximum atomic E-state index is 13.5. The molecule has 0 unspecified atom stereocenters. The highest BCUT2D eigenvalue weighted by atomic mass is 32.2. The topological polar surface area (TPSA) is 200 Å². The van der Waals surface area contributed by atoms with Crippen molar-refractivity contribution >= 4 is 50.2 Å². The van der Waals surface area contributed by atoms with Crippen molar-refractivity contribution in [2.24, 2.45) is 11.7 Å². The van der Waals surface area contributed by atoms with E-state index in [9.17, 15) is 27.9 Å². The van der Waals surface area contributed by atoms with Gasteiger partial charge in [-0.3, -0.25) is 19.6 Å². The number of anilines is 1. The first-order chi connectivity index (χ1) is 20.1. The predicted molar refractivity (Wildman–Crippen MR) is 166 cm³/mol. The Kier molecular flexibility index (Phi) is 10.4. The number of carboxylic acid groups (broad SMARTS) is 1. The minimum Gasteiger partial charge on any atom is -0.478 e. The van der Waals surface area contributed by atoms with Crippen LogP contribution in [0.4, 0.5) is 5.69 Å². The van der Waals surface area contributed by atoms with Crippen molar-refractivity contribution in [3.63, 3.8) is 0 Å². The lowest BCUT2D eigenvalue weighted by atomic mass is 9.91. The van der Waals surface area contributed by atoms with Crippen molar-refractivity contribution in [2.75, 3.05) is 18.1 Å². The molecule has 224 valence electrons. The van der Waals surface area contributed by atoms with Gasteiger partial charge < -0.3 is 21.5 Å². The van der Waals surface area contributed by atoms with E-state index in [0.29, 0.717) is 35.2 Å². The fraction of sp³-hybridized carbons (Fsp3) is 0.161. The molecule has 0 saturated carbocycles. The second-order valence-corrected chi connectivity index (χ2v) is 11.6. The molecule has 12 heteroatoms. The fourth-order valence-corrected chi connectivity index (χ4v) is 4.08. The van der Waals surface area contributed by atoms with Gasteiger partial charge >= 0.3 is 5.97 Å². The van der Waals surface area contributed by atoms with Crippen LogP contribution >= 0.6 is 0 Å². The van der Waals surface area contributed by atoms with Gasteiger partial charge in [0.1, 0.15) is 5.84 Å². The second-order valence-electron chi connectivity index (χ2n) is 10.1. The number of benzene rings is 4. The molecule has 0 atom stereocenters. The van der Waals surface area contributed by atoms with Crippen LogP contribution in [0.1, 0.15) is 50.5 Å². The number of carbonyl (C=O) groups is 3. The lowest BCUT2D eigenvalue weighted by molar-refractivity contribution is 0.0697. The zero-order chi connectivity index (χ0) is 31.9. The van der Waals surface area contributed by atoms with E-state index < -0.39 is 22.0 Å². The van der Waals surface area contributed by atoms with Crippen LogP contribution in [-0.4, -0.2) is 54.5 Å². The third-order valence-corrected chi connectivity index (χ3v) is 6.06. The summed E-state index contributed by atoms with van der Waals surface area (Å²) in [6.07, 6.45) is 0.715. The molecule has 0 aliphatic rings. The molecular weight excluding hydrogens is 572 g/mol. The number of carboxylic acids is 1. The molecule has 0 heterocycles. The lowest BCUT2D eigenvalue weighted by Gasteiger charge is -2.16. The molecule has 0 aliphatic heterocycles. The van der Waals surface area contributed by atoms with E-state index >= 15 is 0 Å². The summed E-state index contributed by atoms with van der Waals surface area (Å²) < 4.78 is 25.9. The maximum Gasteiger partial charge on any atom is 0.336 e. The van der Waals surface area contributed by atoms with Crippen LogP contribution in [0.2, 0.25) is 0 Å². The minimum absolute atomic E-state index is 0.0813. The summed E-state index contributed by atoms with van der Waals surface area (Å²) in [6.45, 7) is 4.40. The van der Waals surface area contributed by atoms with Crippen LogP contribution in [0.3, 0.4) is 0 Å². The summed E-state index contributed by atoms with van der Waals surface area (Å²) in [5.41, 5.74) is 7.70. The monoisotopic (exact) mass is 604 g/mol. The number of rotatable bonds is 8. The normalized spacial score (nSPS) is 10.9.